The number of carbonyl (C=O) groups is 2. The summed E-state index contributed by atoms with van der Waals surface area (Å²) in [4.78, 5) is 20.4. The van der Waals surface area contributed by atoms with Crippen LogP contribution >= 0.6 is 0 Å². The second-order valence-electron chi connectivity index (χ2n) is 10.4. The molecular formula is C32H61NaO4. The van der Waals surface area contributed by atoms with Crippen LogP contribution < -0.4 is 34.7 Å². The van der Waals surface area contributed by atoms with Crippen molar-refractivity contribution in [3.05, 3.63) is 12.2 Å². The van der Waals surface area contributed by atoms with E-state index in [-0.39, 0.29) is 36.0 Å². The number of rotatable bonds is 27. The molecule has 0 saturated carbocycles. The molecule has 0 amide bonds. The van der Waals surface area contributed by atoms with Gasteiger partial charge in [-0.3, -0.25) is 0 Å². The molecule has 0 aromatic heterocycles. The van der Waals surface area contributed by atoms with Crippen molar-refractivity contribution >= 4 is 11.9 Å². The Morgan fingerprint density at radius 2 is 0.838 bits per heavy atom. The van der Waals surface area contributed by atoms with Gasteiger partial charge in [0.2, 0.25) is 0 Å². The van der Waals surface area contributed by atoms with Crippen molar-refractivity contribution in [2.24, 2.45) is 0 Å². The summed E-state index contributed by atoms with van der Waals surface area (Å²) < 4.78 is 0. The van der Waals surface area contributed by atoms with Gasteiger partial charge in [0.15, 0.2) is 0 Å². The zero-order chi connectivity index (χ0) is 27.0. The van der Waals surface area contributed by atoms with Crippen molar-refractivity contribution in [2.45, 2.75) is 181 Å². The smallest absolute Gasteiger partial charge is 0.550 e. The Bertz CT molecular complexity index is 479. The number of aliphatic carboxylic acids is 2. The van der Waals surface area contributed by atoms with Gasteiger partial charge in [-0.1, -0.05) is 161 Å². The van der Waals surface area contributed by atoms with E-state index in [9.17, 15) is 14.7 Å². The Morgan fingerprint density at radius 3 is 1.14 bits per heavy atom. The molecule has 37 heavy (non-hydrogen) atoms. The van der Waals surface area contributed by atoms with Crippen LogP contribution in [0.4, 0.5) is 0 Å². The van der Waals surface area contributed by atoms with Crippen molar-refractivity contribution in [2.75, 3.05) is 0 Å². The van der Waals surface area contributed by atoms with Gasteiger partial charge in [-0.05, 0) is 25.7 Å². The predicted molar refractivity (Wildman–Crippen MR) is 153 cm³/mol. The normalized spacial score (nSPS) is 10.6. The van der Waals surface area contributed by atoms with E-state index < -0.39 is 11.9 Å². The van der Waals surface area contributed by atoms with Crippen LogP contribution in [0.2, 0.25) is 0 Å². The van der Waals surface area contributed by atoms with E-state index in [4.69, 9.17) is 5.11 Å². The van der Waals surface area contributed by atoms with Gasteiger partial charge >= 0.3 is 35.5 Å². The van der Waals surface area contributed by atoms with Crippen LogP contribution in [0, 0.1) is 0 Å². The molecule has 5 heteroatoms. The molecule has 0 aliphatic rings. The van der Waals surface area contributed by atoms with Crippen LogP contribution in [-0.2, 0) is 9.59 Å². The molecule has 1 N–H and O–H groups in total. The molecule has 0 aliphatic carbocycles. The SMILES string of the molecule is CCCCCCCCCCCCCC=CC(=O)O.CCCCCCCCCCCCCCCC(=O)[O-].[Na+]. The first-order chi connectivity index (χ1) is 17.5. The number of unbranched alkanes of at least 4 members (excludes halogenated alkanes) is 23. The maximum absolute atomic E-state index is 10.2. The van der Waals surface area contributed by atoms with Gasteiger partial charge in [0, 0.05) is 12.0 Å². The number of carbonyl (C=O) groups excluding carboxylic acids is 1. The topological polar surface area (TPSA) is 77.4 Å². The number of allylic oxidation sites excluding steroid dienone is 1. The zero-order valence-electron chi connectivity index (χ0n) is 25.2. The summed E-state index contributed by atoms with van der Waals surface area (Å²) in [6.45, 7) is 4.51. The minimum Gasteiger partial charge on any atom is -0.550 e. The van der Waals surface area contributed by atoms with Gasteiger partial charge in [-0.25, -0.2) is 4.79 Å². The molecule has 4 nitrogen and oxygen atoms in total. The number of hydrogen-bond acceptors (Lipinski definition) is 3. The average Bonchev–Trinajstić information content (AvgIpc) is 2.85. The zero-order valence-corrected chi connectivity index (χ0v) is 27.2. The number of carboxylic acid groups (broad SMARTS) is 2. The summed E-state index contributed by atoms with van der Waals surface area (Å²) in [6.07, 6.45) is 35.6. The van der Waals surface area contributed by atoms with E-state index in [1.54, 1.807) is 6.08 Å². The van der Waals surface area contributed by atoms with E-state index in [0.29, 0.717) is 0 Å². The molecule has 0 heterocycles. The Kier molecular flexibility index (Phi) is 42.1. The van der Waals surface area contributed by atoms with Crippen LogP contribution in [0.15, 0.2) is 12.2 Å². The summed E-state index contributed by atoms with van der Waals surface area (Å²) in [6, 6.07) is 0. The minimum absolute atomic E-state index is 0. The van der Waals surface area contributed by atoms with Crippen LogP contribution in [0.5, 0.6) is 0 Å². The fourth-order valence-corrected chi connectivity index (χ4v) is 4.40. The molecule has 0 unspecified atom stereocenters. The molecule has 0 aromatic rings. The van der Waals surface area contributed by atoms with Crippen LogP contribution in [0.1, 0.15) is 181 Å². The van der Waals surface area contributed by atoms with Gasteiger partial charge in [0.1, 0.15) is 0 Å². The van der Waals surface area contributed by atoms with Crippen LogP contribution in [0.3, 0.4) is 0 Å². The maximum atomic E-state index is 10.2. The summed E-state index contributed by atoms with van der Waals surface area (Å²) in [5.41, 5.74) is 0. The third kappa shape index (κ3) is 45.9. The van der Waals surface area contributed by atoms with Gasteiger partial charge in [0.25, 0.3) is 0 Å². The standard InChI is InChI=1S/C16H32O2.C16H30O2.Na/c2*1-2-3-4-5-6-7-8-9-10-11-12-13-14-15-16(17)18;/h2-15H2,1H3,(H,17,18);14-15H,2-13H2,1H3,(H,17,18);/q;;+1/p-1. The van der Waals surface area contributed by atoms with Gasteiger partial charge in [0.05, 0.1) is 0 Å². The van der Waals surface area contributed by atoms with Crippen molar-refractivity contribution in [3.63, 3.8) is 0 Å². The molecular weight excluding hydrogens is 471 g/mol. The largest absolute Gasteiger partial charge is 1.00 e. The van der Waals surface area contributed by atoms with Crippen molar-refractivity contribution in [1.29, 1.82) is 0 Å². The molecule has 214 valence electrons. The van der Waals surface area contributed by atoms with E-state index >= 15 is 0 Å². The molecule has 0 spiro atoms. The fourth-order valence-electron chi connectivity index (χ4n) is 4.40. The molecule has 0 bridgehead atoms. The first kappa shape index (κ1) is 41.2. The van der Waals surface area contributed by atoms with Crippen LogP contribution in [-0.4, -0.2) is 17.0 Å². The molecule has 0 fully saturated rings. The summed E-state index contributed by atoms with van der Waals surface area (Å²) in [5, 5.41) is 18.6. The minimum atomic E-state index is -0.905. The Labute approximate surface area is 253 Å². The second-order valence-corrected chi connectivity index (χ2v) is 10.4. The van der Waals surface area contributed by atoms with Crippen molar-refractivity contribution in [3.8, 4) is 0 Å². The average molecular weight is 533 g/mol. The van der Waals surface area contributed by atoms with E-state index in [0.717, 1.165) is 25.7 Å². The first-order valence-corrected chi connectivity index (χ1v) is 15.6. The summed E-state index contributed by atoms with van der Waals surface area (Å²) >= 11 is 0. The quantitative estimate of drug-likeness (QED) is 0.0739. The maximum Gasteiger partial charge on any atom is 1.00 e. The van der Waals surface area contributed by atoms with Crippen molar-refractivity contribution < 1.29 is 49.4 Å². The summed E-state index contributed by atoms with van der Waals surface area (Å²) in [5.74, 6) is -1.74. The molecule has 0 saturated heterocycles. The number of carboxylic acids is 2. The monoisotopic (exact) mass is 532 g/mol. The second kappa shape index (κ2) is 37.8. The Hall–Kier alpha value is -0.320. The molecule has 0 radical (unpaired) electrons. The summed E-state index contributed by atoms with van der Waals surface area (Å²) in [7, 11) is 0. The van der Waals surface area contributed by atoms with Gasteiger partial charge in [-0.2, -0.15) is 0 Å². The molecule has 0 aliphatic heterocycles. The molecule has 0 atom stereocenters. The molecule has 0 rings (SSSR count). The van der Waals surface area contributed by atoms with E-state index in [2.05, 4.69) is 13.8 Å². The van der Waals surface area contributed by atoms with Crippen LogP contribution in [0.25, 0.3) is 0 Å². The number of hydrogen-bond donors (Lipinski definition) is 1. The third-order valence-electron chi connectivity index (χ3n) is 6.72. The van der Waals surface area contributed by atoms with Crippen molar-refractivity contribution in [1.82, 2.24) is 0 Å². The van der Waals surface area contributed by atoms with E-state index in [1.165, 1.54) is 141 Å². The molecule has 0 aromatic carbocycles. The van der Waals surface area contributed by atoms with Gasteiger partial charge < -0.3 is 15.0 Å². The third-order valence-corrected chi connectivity index (χ3v) is 6.72. The predicted octanol–water partition coefficient (Wildman–Crippen LogP) is 6.55. The Balaban J connectivity index is -0.000000608. The van der Waals surface area contributed by atoms with E-state index in [1.807, 2.05) is 0 Å². The Morgan fingerprint density at radius 1 is 0.541 bits per heavy atom. The first-order valence-electron chi connectivity index (χ1n) is 15.6. The van der Waals surface area contributed by atoms with Gasteiger partial charge in [-0.15, -0.1) is 0 Å². The fraction of sp³-hybridized carbons (Fsp3) is 0.875.